The molecule has 1 aliphatic heterocycles. The lowest BCUT2D eigenvalue weighted by Gasteiger charge is -2.27. The quantitative estimate of drug-likeness (QED) is 0.652. The molecule has 0 aromatic heterocycles. The van der Waals surface area contributed by atoms with Gasteiger partial charge in [0.05, 0.1) is 0 Å². The Bertz CT molecular complexity index is 237. The number of hydrogen-bond acceptors (Lipinski definition) is 3. The minimum atomic E-state index is -1.85. The highest BCUT2D eigenvalue weighted by Gasteiger charge is 2.50. The summed E-state index contributed by atoms with van der Waals surface area (Å²) >= 11 is 0. The maximum Gasteiger partial charge on any atom is 0.346 e. The number of rotatable bonds is 1. The highest BCUT2D eigenvalue weighted by atomic mass is 19.1. The zero-order valence-corrected chi connectivity index (χ0v) is 9.19. The zero-order valence-electron chi connectivity index (χ0n) is 9.19. The second-order valence-corrected chi connectivity index (χ2v) is 4.90. The van der Waals surface area contributed by atoms with Crippen molar-refractivity contribution in [2.24, 2.45) is 5.92 Å². The lowest BCUT2D eigenvalue weighted by Crippen LogP contribution is -2.45. The molecule has 1 fully saturated rings. The summed E-state index contributed by atoms with van der Waals surface area (Å²) in [5.41, 5.74) is -2.48. The molecule has 0 spiro atoms. The summed E-state index contributed by atoms with van der Waals surface area (Å²) < 4.78 is 19.1. The summed E-state index contributed by atoms with van der Waals surface area (Å²) in [6, 6.07) is 0. The highest BCUT2D eigenvalue weighted by Crippen LogP contribution is 2.29. The highest BCUT2D eigenvalue weighted by molar-refractivity contribution is 5.81. The second kappa shape index (κ2) is 3.50. The van der Waals surface area contributed by atoms with Crippen LogP contribution in [0.25, 0.3) is 0 Å². The molecule has 0 radical (unpaired) electrons. The van der Waals surface area contributed by atoms with Gasteiger partial charge in [-0.15, -0.1) is 0 Å². The van der Waals surface area contributed by atoms with Gasteiger partial charge in [-0.2, -0.15) is 0 Å². The normalized spacial score (nSPS) is 33.1. The first-order chi connectivity index (χ1) is 6.26. The molecule has 1 heterocycles. The molecule has 0 saturated carbocycles. The standard InChI is InChI=1S/C10H18FNO2/c1-7-5-12-6-10(7,11)8(13)14-9(2,3)4/h7,12H,5-6H2,1-4H3/t7-,10+/m1/s1. The molecule has 1 N–H and O–H groups in total. The van der Waals surface area contributed by atoms with Crippen molar-refractivity contribution in [3.8, 4) is 0 Å². The Morgan fingerprint density at radius 1 is 1.57 bits per heavy atom. The van der Waals surface area contributed by atoms with Crippen LogP contribution in [-0.2, 0) is 9.53 Å². The number of esters is 1. The van der Waals surface area contributed by atoms with Crippen molar-refractivity contribution >= 4 is 5.97 Å². The van der Waals surface area contributed by atoms with E-state index in [4.69, 9.17) is 4.74 Å². The summed E-state index contributed by atoms with van der Waals surface area (Å²) in [7, 11) is 0. The summed E-state index contributed by atoms with van der Waals surface area (Å²) in [5, 5.41) is 2.85. The summed E-state index contributed by atoms with van der Waals surface area (Å²) in [4.78, 5) is 11.6. The van der Waals surface area contributed by atoms with E-state index in [9.17, 15) is 9.18 Å². The second-order valence-electron chi connectivity index (χ2n) is 4.90. The molecular weight excluding hydrogens is 185 g/mol. The molecule has 82 valence electrons. The van der Waals surface area contributed by atoms with Gasteiger partial charge in [-0.3, -0.25) is 0 Å². The van der Waals surface area contributed by atoms with Gasteiger partial charge in [-0.25, -0.2) is 9.18 Å². The van der Waals surface area contributed by atoms with Crippen LogP contribution in [0.15, 0.2) is 0 Å². The van der Waals surface area contributed by atoms with E-state index in [1.807, 2.05) is 0 Å². The number of ether oxygens (including phenoxy) is 1. The molecule has 1 rings (SSSR count). The van der Waals surface area contributed by atoms with Gasteiger partial charge in [0.25, 0.3) is 0 Å². The smallest absolute Gasteiger partial charge is 0.346 e. The van der Waals surface area contributed by atoms with Gasteiger partial charge in [0.15, 0.2) is 0 Å². The predicted molar refractivity (Wildman–Crippen MR) is 51.7 cm³/mol. The maximum atomic E-state index is 14.1. The fraction of sp³-hybridized carbons (Fsp3) is 0.900. The zero-order chi connectivity index (χ0) is 11.0. The summed E-state index contributed by atoms with van der Waals surface area (Å²) in [6.07, 6.45) is 0. The molecule has 0 aliphatic carbocycles. The molecule has 1 aliphatic rings. The van der Waals surface area contributed by atoms with E-state index in [0.29, 0.717) is 6.54 Å². The van der Waals surface area contributed by atoms with Crippen LogP contribution in [0.2, 0.25) is 0 Å². The average Bonchev–Trinajstić information content (AvgIpc) is 2.30. The fourth-order valence-electron chi connectivity index (χ4n) is 1.44. The first-order valence-electron chi connectivity index (χ1n) is 4.89. The van der Waals surface area contributed by atoms with Crippen LogP contribution in [0.5, 0.6) is 0 Å². The Morgan fingerprint density at radius 2 is 2.14 bits per heavy atom. The van der Waals surface area contributed by atoms with Crippen molar-refractivity contribution in [2.75, 3.05) is 13.1 Å². The van der Waals surface area contributed by atoms with Gasteiger partial charge in [0, 0.05) is 19.0 Å². The monoisotopic (exact) mass is 203 g/mol. The van der Waals surface area contributed by atoms with Crippen LogP contribution in [0.3, 0.4) is 0 Å². The minimum Gasteiger partial charge on any atom is -0.458 e. The molecular formula is C10H18FNO2. The van der Waals surface area contributed by atoms with Crippen LogP contribution in [-0.4, -0.2) is 30.3 Å². The molecule has 2 atom stereocenters. The van der Waals surface area contributed by atoms with E-state index >= 15 is 0 Å². The van der Waals surface area contributed by atoms with Gasteiger partial charge >= 0.3 is 5.97 Å². The lowest BCUT2D eigenvalue weighted by atomic mass is 9.94. The lowest BCUT2D eigenvalue weighted by molar-refractivity contribution is -0.170. The van der Waals surface area contributed by atoms with E-state index in [1.54, 1.807) is 27.7 Å². The first-order valence-corrected chi connectivity index (χ1v) is 4.89. The Labute approximate surface area is 84.0 Å². The number of carbonyl (C=O) groups is 1. The van der Waals surface area contributed by atoms with Crippen molar-refractivity contribution < 1.29 is 13.9 Å². The van der Waals surface area contributed by atoms with Crippen molar-refractivity contribution in [1.29, 1.82) is 0 Å². The van der Waals surface area contributed by atoms with Gasteiger partial charge in [0.2, 0.25) is 5.67 Å². The van der Waals surface area contributed by atoms with Gasteiger partial charge in [-0.1, -0.05) is 6.92 Å². The van der Waals surface area contributed by atoms with Gasteiger partial charge in [0.1, 0.15) is 5.60 Å². The maximum absolute atomic E-state index is 14.1. The van der Waals surface area contributed by atoms with E-state index < -0.39 is 17.2 Å². The Kier molecular flexibility index (Phi) is 2.86. The van der Waals surface area contributed by atoms with E-state index in [-0.39, 0.29) is 12.5 Å². The molecule has 4 heteroatoms. The topological polar surface area (TPSA) is 38.3 Å². The van der Waals surface area contributed by atoms with E-state index in [0.717, 1.165) is 0 Å². The predicted octanol–water partition coefficient (Wildman–Crippen LogP) is 1.28. The fourth-order valence-corrected chi connectivity index (χ4v) is 1.44. The summed E-state index contributed by atoms with van der Waals surface area (Å²) in [6.45, 7) is 7.51. The number of alkyl halides is 1. The number of hydrogen-bond donors (Lipinski definition) is 1. The Hall–Kier alpha value is -0.640. The SMILES string of the molecule is C[C@@H]1CNC[C@@]1(F)C(=O)OC(C)(C)C. The van der Waals surface area contributed by atoms with Crippen LogP contribution >= 0.6 is 0 Å². The van der Waals surface area contributed by atoms with Crippen LogP contribution in [0.1, 0.15) is 27.7 Å². The van der Waals surface area contributed by atoms with Crippen molar-refractivity contribution in [2.45, 2.75) is 39.0 Å². The minimum absolute atomic E-state index is 0.0586. The summed E-state index contributed by atoms with van der Waals surface area (Å²) in [5.74, 6) is -1.07. The van der Waals surface area contributed by atoms with Crippen molar-refractivity contribution in [1.82, 2.24) is 5.32 Å². The van der Waals surface area contributed by atoms with Crippen LogP contribution in [0.4, 0.5) is 4.39 Å². The average molecular weight is 203 g/mol. The number of carbonyl (C=O) groups excluding carboxylic acids is 1. The molecule has 14 heavy (non-hydrogen) atoms. The van der Waals surface area contributed by atoms with Gasteiger partial charge < -0.3 is 10.1 Å². The molecule has 0 aromatic rings. The first kappa shape index (κ1) is 11.4. The van der Waals surface area contributed by atoms with Crippen LogP contribution < -0.4 is 5.32 Å². The van der Waals surface area contributed by atoms with E-state index in [1.165, 1.54) is 0 Å². The Morgan fingerprint density at radius 3 is 2.50 bits per heavy atom. The third-order valence-electron chi connectivity index (χ3n) is 2.35. The molecule has 3 nitrogen and oxygen atoms in total. The third kappa shape index (κ3) is 2.23. The number of halogens is 1. The molecule has 0 unspecified atom stereocenters. The third-order valence-corrected chi connectivity index (χ3v) is 2.35. The molecule has 1 saturated heterocycles. The van der Waals surface area contributed by atoms with Crippen molar-refractivity contribution in [3.63, 3.8) is 0 Å². The van der Waals surface area contributed by atoms with Crippen LogP contribution in [0, 0.1) is 5.92 Å². The Balaban J connectivity index is 2.68. The van der Waals surface area contributed by atoms with Gasteiger partial charge in [-0.05, 0) is 20.8 Å². The van der Waals surface area contributed by atoms with Crippen molar-refractivity contribution in [3.05, 3.63) is 0 Å². The largest absolute Gasteiger partial charge is 0.458 e. The molecule has 0 bridgehead atoms. The number of nitrogens with one attached hydrogen (secondary N) is 1. The molecule has 0 amide bonds. The molecule has 0 aromatic carbocycles. The van der Waals surface area contributed by atoms with E-state index in [2.05, 4.69) is 5.32 Å².